The molecule has 0 bridgehead atoms. The molecule has 0 saturated carbocycles. The molecule has 3 rings (SSSR count). The Balaban J connectivity index is 1.72. The number of sulfone groups is 1. The summed E-state index contributed by atoms with van der Waals surface area (Å²) >= 11 is 1.38. The van der Waals surface area contributed by atoms with Crippen LogP contribution in [0.2, 0.25) is 0 Å². The number of nitrogens with zero attached hydrogens (tertiary/aromatic N) is 2. The second-order valence-electron chi connectivity index (χ2n) is 6.75. The quantitative estimate of drug-likeness (QED) is 0.705. The summed E-state index contributed by atoms with van der Waals surface area (Å²) in [5, 5.41) is 2.55. The lowest BCUT2D eigenvalue weighted by Crippen LogP contribution is -2.36. The fourth-order valence-corrected chi connectivity index (χ4v) is 5.84. The van der Waals surface area contributed by atoms with Gasteiger partial charge in [0, 0.05) is 23.5 Å². The van der Waals surface area contributed by atoms with Gasteiger partial charge in [-0.2, -0.15) is 13.2 Å². The molecule has 2 heterocycles. The number of thiazole rings is 1. The van der Waals surface area contributed by atoms with Crippen LogP contribution in [0, 0.1) is 0 Å². The maximum atomic E-state index is 12.7. The van der Waals surface area contributed by atoms with E-state index >= 15 is 0 Å². The van der Waals surface area contributed by atoms with E-state index in [0.717, 1.165) is 30.8 Å². The van der Waals surface area contributed by atoms with E-state index < -0.39 is 21.6 Å². The van der Waals surface area contributed by atoms with Crippen molar-refractivity contribution in [2.45, 2.75) is 38.5 Å². The first-order chi connectivity index (χ1) is 12.7. The third-order valence-corrected chi connectivity index (χ3v) is 7.30. The first-order valence-corrected chi connectivity index (χ1v) is 11.4. The highest BCUT2D eigenvalue weighted by Gasteiger charge is 2.32. The molecule has 2 aromatic rings. The van der Waals surface area contributed by atoms with Gasteiger partial charge in [-0.15, -0.1) is 11.3 Å². The van der Waals surface area contributed by atoms with Crippen LogP contribution in [0.3, 0.4) is 0 Å². The highest BCUT2D eigenvalue weighted by atomic mass is 32.2. The standard InChI is InChI=1S/C18H21F3N2O2S2/c1-2-8-23(16-7-9-27(24,25)12-16)10-15-11-26-17(22-15)13-3-5-14(6-4-13)18(19,20)21/h3-6,11,16H,2,7-10,12H2,1H3. The van der Waals surface area contributed by atoms with E-state index in [1.165, 1.54) is 23.5 Å². The number of hydrogen-bond acceptors (Lipinski definition) is 5. The van der Waals surface area contributed by atoms with Crippen molar-refractivity contribution in [3.63, 3.8) is 0 Å². The molecule has 4 nitrogen and oxygen atoms in total. The molecule has 27 heavy (non-hydrogen) atoms. The van der Waals surface area contributed by atoms with Gasteiger partial charge < -0.3 is 0 Å². The second kappa shape index (κ2) is 7.89. The van der Waals surface area contributed by atoms with Gasteiger partial charge in [0.05, 0.1) is 22.8 Å². The molecule has 1 aliphatic heterocycles. The smallest absolute Gasteiger partial charge is 0.294 e. The minimum Gasteiger partial charge on any atom is -0.294 e. The van der Waals surface area contributed by atoms with Crippen LogP contribution < -0.4 is 0 Å². The number of benzene rings is 1. The Morgan fingerprint density at radius 2 is 1.96 bits per heavy atom. The van der Waals surface area contributed by atoms with Gasteiger partial charge in [-0.1, -0.05) is 19.1 Å². The SMILES string of the molecule is CCCN(Cc1csc(-c2ccc(C(F)(F)F)cc2)n1)C1CCS(=O)(=O)C1. The molecular weight excluding hydrogens is 397 g/mol. The maximum absolute atomic E-state index is 12.7. The monoisotopic (exact) mass is 418 g/mol. The van der Waals surface area contributed by atoms with Crippen molar-refractivity contribution >= 4 is 21.2 Å². The summed E-state index contributed by atoms with van der Waals surface area (Å²) in [6, 6.07) is 4.98. The highest BCUT2D eigenvalue weighted by Crippen LogP contribution is 2.32. The van der Waals surface area contributed by atoms with Crippen molar-refractivity contribution in [2.24, 2.45) is 0 Å². The molecule has 1 aromatic heterocycles. The van der Waals surface area contributed by atoms with E-state index in [-0.39, 0.29) is 17.5 Å². The lowest BCUT2D eigenvalue weighted by Gasteiger charge is -2.26. The normalized spacial score (nSPS) is 19.7. The predicted molar refractivity (Wildman–Crippen MR) is 100 cm³/mol. The zero-order valence-electron chi connectivity index (χ0n) is 14.9. The Hall–Kier alpha value is -1.45. The summed E-state index contributed by atoms with van der Waals surface area (Å²) in [5.74, 6) is 0.411. The fraction of sp³-hybridized carbons (Fsp3) is 0.500. The van der Waals surface area contributed by atoms with E-state index in [9.17, 15) is 21.6 Å². The first kappa shape index (κ1) is 20.3. The third-order valence-electron chi connectivity index (χ3n) is 4.61. The van der Waals surface area contributed by atoms with Gasteiger partial charge in [-0.25, -0.2) is 13.4 Å². The lowest BCUT2D eigenvalue weighted by molar-refractivity contribution is -0.137. The van der Waals surface area contributed by atoms with Crippen molar-refractivity contribution in [3.8, 4) is 10.6 Å². The zero-order chi connectivity index (χ0) is 19.7. The Morgan fingerprint density at radius 3 is 2.52 bits per heavy atom. The molecule has 1 aromatic carbocycles. The largest absolute Gasteiger partial charge is 0.416 e. The number of rotatable bonds is 6. The molecule has 1 saturated heterocycles. The van der Waals surface area contributed by atoms with Crippen LogP contribution >= 0.6 is 11.3 Å². The maximum Gasteiger partial charge on any atom is 0.416 e. The minimum absolute atomic E-state index is 0.00571. The molecule has 0 N–H and O–H groups in total. The fourth-order valence-electron chi connectivity index (χ4n) is 3.26. The summed E-state index contributed by atoms with van der Waals surface area (Å²) in [4.78, 5) is 6.70. The molecule has 1 unspecified atom stereocenters. The van der Waals surface area contributed by atoms with Gasteiger partial charge >= 0.3 is 6.18 Å². The molecule has 1 aliphatic rings. The molecule has 1 fully saturated rings. The average Bonchev–Trinajstić information content (AvgIpc) is 3.20. The van der Waals surface area contributed by atoms with E-state index in [1.807, 2.05) is 12.3 Å². The summed E-state index contributed by atoms with van der Waals surface area (Å²) < 4.78 is 61.6. The Kier molecular flexibility index (Phi) is 5.93. The summed E-state index contributed by atoms with van der Waals surface area (Å²) in [6.45, 7) is 3.38. The van der Waals surface area contributed by atoms with Gasteiger partial charge in [-0.3, -0.25) is 4.90 Å². The van der Waals surface area contributed by atoms with Crippen LogP contribution in [-0.2, 0) is 22.6 Å². The number of aromatic nitrogens is 1. The summed E-state index contributed by atoms with van der Waals surface area (Å²) in [7, 11) is -2.96. The first-order valence-electron chi connectivity index (χ1n) is 8.74. The van der Waals surface area contributed by atoms with Crippen molar-refractivity contribution < 1.29 is 21.6 Å². The summed E-state index contributed by atoms with van der Waals surface area (Å²) in [6.07, 6.45) is -2.81. The van der Waals surface area contributed by atoms with Crippen molar-refractivity contribution in [1.29, 1.82) is 0 Å². The third kappa shape index (κ3) is 5.08. The predicted octanol–water partition coefficient (Wildman–Crippen LogP) is 4.23. The van der Waals surface area contributed by atoms with Gasteiger partial charge in [0.15, 0.2) is 9.84 Å². The molecule has 9 heteroatoms. The van der Waals surface area contributed by atoms with Crippen molar-refractivity contribution in [1.82, 2.24) is 9.88 Å². The van der Waals surface area contributed by atoms with Gasteiger partial charge in [-0.05, 0) is 31.5 Å². The molecule has 0 aliphatic carbocycles. The topological polar surface area (TPSA) is 50.3 Å². The van der Waals surface area contributed by atoms with Crippen LogP contribution in [-0.4, -0.2) is 42.4 Å². The van der Waals surface area contributed by atoms with Crippen LogP contribution in [0.15, 0.2) is 29.6 Å². The Labute approximate surface area is 161 Å². The van der Waals surface area contributed by atoms with Gasteiger partial charge in [0.2, 0.25) is 0 Å². The van der Waals surface area contributed by atoms with E-state index in [1.54, 1.807) is 0 Å². The van der Waals surface area contributed by atoms with Crippen LogP contribution in [0.4, 0.5) is 13.2 Å². The molecule has 1 atom stereocenters. The second-order valence-corrected chi connectivity index (χ2v) is 9.83. The highest BCUT2D eigenvalue weighted by molar-refractivity contribution is 7.91. The lowest BCUT2D eigenvalue weighted by atomic mass is 10.1. The van der Waals surface area contributed by atoms with Gasteiger partial charge in [0.25, 0.3) is 0 Å². The minimum atomic E-state index is -4.35. The van der Waals surface area contributed by atoms with Gasteiger partial charge in [0.1, 0.15) is 5.01 Å². The zero-order valence-corrected chi connectivity index (χ0v) is 16.5. The van der Waals surface area contributed by atoms with E-state index in [4.69, 9.17) is 0 Å². The number of alkyl halides is 3. The molecule has 148 valence electrons. The summed E-state index contributed by atoms with van der Waals surface area (Å²) in [5.41, 5.74) is 0.775. The van der Waals surface area contributed by atoms with Crippen molar-refractivity contribution in [3.05, 3.63) is 40.9 Å². The average molecular weight is 419 g/mol. The van der Waals surface area contributed by atoms with Crippen LogP contribution in [0.25, 0.3) is 10.6 Å². The van der Waals surface area contributed by atoms with E-state index in [2.05, 4.69) is 9.88 Å². The molecular formula is C18H21F3N2O2S2. The van der Waals surface area contributed by atoms with Crippen LogP contribution in [0.1, 0.15) is 31.0 Å². The Morgan fingerprint density at radius 1 is 1.26 bits per heavy atom. The van der Waals surface area contributed by atoms with Crippen molar-refractivity contribution in [2.75, 3.05) is 18.1 Å². The molecule has 0 radical (unpaired) electrons. The van der Waals surface area contributed by atoms with Crippen LogP contribution in [0.5, 0.6) is 0 Å². The van der Waals surface area contributed by atoms with E-state index in [0.29, 0.717) is 23.5 Å². The number of hydrogen-bond donors (Lipinski definition) is 0. The molecule has 0 amide bonds. The molecule has 0 spiro atoms. The Bertz CT molecular complexity index is 877. The number of halogens is 3.